The van der Waals surface area contributed by atoms with E-state index in [-0.39, 0.29) is 54.6 Å². The predicted molar refractivity (Wildman–Crippen MR) is 119 cm³/mol. The summed E-state index contributed by atoms with van der Waals surface area (Å²) >= 11 is 3.23. The number of urea groups is 1. The molecule has 3 rings (SSSR count). The number of carbonyl (C=O) groups excluding carboxylic acids is 3. The highest BCUT2D eigenvalue weighted by molar-refractivity contribution is 9.10. The summed E-state index contributed by atoms with van der Waals surface area (Å²) < 4.78 is 43.1. The van der Waals surface area contributed by atoms with Crippen molar-refractivity contribution in [2.45, 2.75) is 24.8 Å². The average molecular weight is 546 g/mol. The standard InChI is InChI=1S/C20H24BrN3O8S/c1-3-31-19(26)17-12(2)22-20(27)23-15(17)11-32-18(25)13-4-5-14(21)16(10-13)33(28,29)24-6-8-30-9-7-24/h4-5,10,12H,3,6-9,11H2,1-2H3,(H2,22,23,27)/t12-/m0/s1. The Balaban J connectivity index is 1.81. The molecular weight excluding hydrogens is 522 g/mol. The van der Waals surface area contributed by atoms with Gasteiger partial charge in [-0.25, -0.2) is 22.8 Å². The number of rotatable bonds is 7. The third-order valence-corrected chi connectivity index (χ3v) is 7.86. The van der Waals surface area contributed by atoms with Gasteiger partial charge in [0.15, 0.2) is 0 Å². The largest absolute Gasteiger partial charge is 0.463 e. The van der Waals surface area contributed by atoms with Gasteiger partial charge in [0.2, 0.25) is 10.0 Å². The summed E-state index contributed by atoms with van der Waals surface area (Å²) in [6.07, 6.45) is 0. The first-order valence-electron chi connectivity index (χ1n) is 10.2. The Morgan fingerprint density at radius 3 is 2.58 bits per heavy atom. The van der Waals surface area contributed by atoms with Crippen molar-refractivity contribution in [2.75, 3.05) is 39.5 Å². The predicted octanol–water partition coefficient (Wildman–Crippen LogP) is 1.15. The number of esters is 2. The van der Waals surface area contributed by atoms with Gasteiger partial charge in [-0.2, -0.15) is 4.31 Å². The average Bonchev–Trinajstić information content (AvgIpc) is 2.78. The molecular formula is C20H24BrN3O8S. The van der Waals surface area contributed by atoms with Crippen LogP contribution in [-0.2, 0) is 29.0 Å². The zero-order valence-corrected chi connectivity index (χ0v) is 20.5. The summed E-state index contributed by atoms with van der Waals surface area (Å²) in [6.45, 7) is 3.96. The molecule has 0 aromatic heterocycles. The molecule has 180 valence electrons. The zero-order chi connectivity index (χ0) is 24.2. The molecule has 2 heterocycles. The first-order chi connectivity index (χ1) is 15.6. The van der Waals surface area contributed by atoms with E-state index in [0.717, 1.165) is 0 Å². The third kappa shape index (κ3) is 5.72. The van der Waals surface area contributed by atoms with Crippen LogP contribution in [0, 0.1) is 0 Å². The third-order valence-electron chi connectivity index (χ3n) is 4.97. The highest BCUT2D eigenvalue weighted by Crippen LogP contribution is 2.27. The molecule has 0 saturated carbocycles. The Morgan fingerprint density at radius 2 is 1.91 bits per heavy atom. The number of amides is 2. The van der Waals surface area contributed by atoms with E-state index in [1.807, 2.05) is 0 Å². The summed E-state index contributed by atoms with van der Waals surface area (Å²) in [6, 6.07) is 2.88. The number of nitrogens with zero attached hydrogens (tertiary/aromatic N) is 1. The SMILES string of the molecule is CCOC(=O)C1=C(COC(=O)c2ccc(Br)c(S(=O)(=O)N3CCOCC3)c2)NC(=O)N[C@H]1C. The second-order valence-electron chi connectivity index (χ2n) is 7.17. The van der Waals surface area contributed by atoms with Crippen LogP contribution in [0.2, 0.25) is 0 Å². The van der Waals surface area contributed by atoms with Crippen molar-refractivity contribution < 1.29 is 37.0 Å². The van der Waals surface area contributed by atoms with Gasteiger partial charge in [-0.3, -0.25) is 0 Å². The Morgan fingerprint density at radius 1 is 1.21 bits per heavy atom. The van der Waals surface area contributed by atoms with Crippen LogP contribution in [0.15, 0.2) is 38.8 Å². The van der Waals surface area contributed by atoms with Crippen LogP contribution in [0.4, 0.5) is 4.79 Å². The fraction of sp³-hybridized carbons (Fsp3) is 0.450. The molecule has 0 bridgehead atoms. The van der Waals surface area contributed by atoms with Crippen molar-refractivity contribution in [3.8, 4) is 0 Å². The molecule has 11 nitrogen and oxygen atoms in total. The van der Waals surface area contributed by atoms with E-state index in [1.54, 1.807) is 13.8 Å². The molecule has 0 radical (unpaired) electrons. The highest BCUT2D eigenvalue weighted by atomic mass is 79.9. The molecule has 0 spiro atoms. The molecule has 1 fully saturated rings. The van der Waals surface area contributed by atoms with Gasteiger partial charge in [-0.1, -0.05) is 0 Å². The zero-order valence-electron chi connectivity index (χ0n) is 18.1. The van der Waals surface area contributed by atoms with E-state index in [0.29, 0.717) is 4.47 Å². The molecule has 2 N–H and O–H groups in total. The summed E-state index contributed by atoms with van der Waals surface area (Å²) in [5.41, 5.74) is 0.226. The molecule has 1 aromatic rings. The van der Waals surface area contributed by atoms with Crippen LogP contribution < -0.4 is 10.6 Å². The van der Waals surface area contributed by atoms with Crippen molar-refractivity contribution in [3.63, 3.8) is 0 Å². The summed E-state index contributed by atoms with van der Waals surface area (Å²) in [4.78, 5) is 36.7. The van der Waals surface area contributed by atoms with Gasteiger partial charge in [0.05, 0.1) is 47.6 Å². The molecule has 0 aliphatic carbocycles. The number of ether oxygens (including phenoxy) is 3. The van der Waals surface area contributed by atoms with Crippen LogP contribution in [0.25, 0.3) is 0 Å². The Bertz CT molecular complexity index is 1080. The molecule has 2 amide bonds. The minimum atomic E-state index is -3.86. The van der Waals surface area contributed by atoms with E-state index in [1.165, 1.54) is 22.5 Å². The van der Waals surface area contributed by atoms with Crippen LogP contribution in [-0.4, -0.2) is 76.3 Å². The lowest BCUT2D eigenvalue weighted by atomic mass is 10.0. The summed E-state index contributed by atoms with van der Waals surface area (Å²) in [5, 5.41) is 5.01. The minimum Gasteiger partial charge on any atom is -0.463 e. The molecule has 1 saturated heterocycles. The fourth-order valence-electron chi connectivity index (χ4n) is 3.37. The lowest BCUT2D eigenvalue weighted by Gasteiger charge is -2.27. The maximum Gasteiger partial charge on any atom is 0.338 e. The van der Waals surface area contributed by atoms with Gasteiger partial charge >= 0.3 is 18.0 Å². The van der Waals surface area contributed by atoms with E-state index in [9.17, 15) is 22.8 Å². The molecule has 13 heteroatoms. The van der Waals surface area contributed by atoms with Gasteiger partial charge in [-0.05, 0) is 48.0 Å². The van der Waals surface area contributed by atoms with Crippen LogP contribution in [0.1, 0.15) is 24.2 Å². The number of sulfonamides is 1. The number of hydrogen-bond acceptors (Lipinski definition) is 8. The van der Waals surface area contributed by atoms with Crippen molar-refractivity contribution in [3.05, 3.63) is 39.5 Å². The molecule has 1 aromatic carbocycles. The van der Waals surface area contributed by atoms with Crippen molar-refractivity contribution in [2.24, 2.45) is 0 Å². The molecule has 33 heavy (non-hydrogen) atoms. The van der Waals surface area contributed by atoms with E-state index < -0.39 is 40.6 Å². The number of morpholine rings is 1. The second kappa shape index (κ2) is 10.6. The molecule has 2 aliphatic heterocycles. The number of benzene rings is 1. The van der Waals surface area contributed by atoms with Crippen LogP contribution in [0.5, 0.6) is 0 Å². The van der Waals surface area contributed by atoms with Gasteiger partial charge in [0.25, 0.3) is 0 Å². The smallest absolute Gasteiger partial charge is 0.338 e. The normalized spacial score (nSPS) is 19.5. The lowest BCUT2D eigenvalue weighted by molar-refractivity contribution is -0.139. The summed E-state index contributed by atoms with van der Waals surface area (Å²) in [5.74, 6) is -1.47. The van der Waals surface area contributed by atoms with E-state index in [4.69, 9.17) is 14.2 Å². The summed E-state index contributed by atoms with van der Waals surface area (Å²) in [7, 11) is -3.86. The first kappa shape index (κ1) is 25.1. The van der Waals surface area contributed by atoms with Crippen molar-refractivity contribution in [1.29, 1.82) is 0 Å². The quantitative estimate of drug-likeness (QED) is 0.486. The van der Waals surface area contributed by atoms with Gasteiger partial charge < -0.3 is 24.8 Å². The van der Waals surface area contributed by atoms with Crippen molar-refractivity contribution in [1.82, 2.24) is 14.9 Å². The topological polar surface area (TPSA) is 140 Å². The fourth-order valence-corrected chi connectivity index (χ4v) is 5.73. The molecule has 1 atom stereocenters. The van der Waals surface area contributed by atoms with Gasteiger partial charge in [0, 0.05) is 17.6 Å². The Kier molecular flexibility index (Phi) is 8.10. The first-order valence-corrected chi connectivity index (χ1v) is 12.4. The maximum absolute atomic E-state index is 13.0. The number of carbonyl (C=O) groups is 3. The van der Waals surface area contributed by atoms with Crippen LogP contribution >= 0.6 is 15.9 Å². The Labute approximate surface area is 199 Å². The number of hydrogen-bond donors (Lipinski definition) is 2. The molecule has 0 unspecified atom stereocenters. The van der Waals surface area contributed by atoms with Gasteiger partial charge in [0.1, 0.15) is 6.61 Å². The second-order valence-corrected chi connectivity index (χ2v) is 9.93. The maximum atomic E-state index is 13.0. The van der Waals surface area contributed by atoms with Gasteiger partial charge in [-0.15, -0.1) is 0 Å². The number of halogens is 1. The molecule has 2 aliphatic rings. The lowest BCUT2D eigenvalue weighted by Crippen LogP contribution is -2.50. The van der Waals surface area contributed by atoms with E-state index in [2.05, 4.69) is 26.6 Å². The van der Waals surface area contributed by atoms with Crippen LogP contribution in [0.3, 0.4) is 0 Å². The highest BCUT2D eigenvalue weighted by Gasteiger charge is 2.31. The Hall–Kier alpha value is -2.48. The van der Waals surface area contributed by atoms with E-state index >= 15 is 0 Å². The monoisotopic (exact) mass is 545 g/mol. The van der Waals surface area contributed by atoms with Crippen molar-refractivity contribution >= 4 is 43.9 Å². The minimum absolute atomic E-state index is 0.00312. The number of nitrogens with one attached hydrogen (secondary N) is 2.